The van der Waals surface area contributed by atoms with Gasteiger partial charge in [0.15, 0.2) is 0 Å². The van der Waals surface area contributed by atoms with E-state index in [2.05, 4.69) is 43.1 Å². The molecule has 84 valence electrons. The van der Waals surface area contributed by atoms with Gasteiger partial charge in [-0.15, -0.1) is 0 Å². The van der Waals surface area contributed by atoms with Crippen molar-refractivity contribution < 1.29 is 4.42 Å². The van der Waals surface area contributed by atoms with Gasteiger partial charge in [-0.25, -0.2) is 4.98 Å². The van der Waals surface area contributed by atoms with Crippen LogP contribution in [0, 0.1) is 0 Å². The second-order valence-corrected chi connectivity index (χ2v) is 4.24. The highest BCUT2D eigenvalue weighted by Crippen LogP contribution is 2.17. The highest BCUT2D eigenvalue weighted by atomic mass is 16.4. The van der Waals surface area contributed by atoms with Gasteiger partial charge in [-0.2, -0.15) is 0 Å². The van der Waals surface area contributed by atoms with Crippen LogP contribution >= 0.6 is 0 Å². The van der Waals surface area contributed by atoms with E-state index < -0.39 is 0 Å². The van der Waals surface area contributed by atoms with Gasteiger partial charge in [0.25, 0.3) is 6.01 Å². The molecule has 0 fully saturated rings. The van der Waals surface area contributed by atoms with Gasteiger partial charge >= 0.3 is 0 Å². The molecule has 2 rings (SSSR count). The number of nitrogens with two attached hydrogens (primary N) is 1. The zero-order valence-electron chi connectivity index (χ0n) is 9.60. The fraction of sp³-hybridized carbons (Fsp3) is 0.308. The van der Waals surface area contributed by atoms with Gasteiger partial charge < -0.3 is 10.2 Å². The van der Waals surface area contributed by atoms with Crippen molar-refractivity contribution in [1.82, 2.24) is 4.98 Å². The fourth-order valence-electron chi connectivity index (χ4n) is 1.63. The van der Waals surface area contributed by atoms with Crippen LogP contribution in [0.4, 0.5) is 6.01 Å². The molecule has 0 amide bonds. The standard InChI is InChI=1S/C13H16N2O/c1-9(2)11-5-3-10(4-6-11)7-12-8-15-13(14)16-12/h3-6,8-9H,7H2,1-2H3,(H2,14,15). The Labute approximate surface area is 95.3 Å². The Morgan fingerprint density at radius 1 is 1.25 bits per heavy atom. The van der Waals surface area contributed by atoms with Gasteiger partial charge in [0.05, 0.1) is 6.20 Å². The van der Waals surface area contributed by atoms with E-state index in [9.17, 15) is 0 Å². The van der Waals surface area contributed by atoms with Crippen LogP contribution in [0.1, 0.15) is 36.7 Å². The third-order valence-corrected chi connectivity index (χ3v) is 2.60. The molecular formula is C13H16N2O. The predicted octanol–water partition coefficient (Wildman–Crippen LogP) is 2.97. The van der Waals surface area contributed by atoms with Crippen molar-refractivity contribution in [2.75, 3.05) is 5.73 Å². The smallest absolute Gasteiger partial charge is 0.292 e. The fourth-order valence-corrected chi connectivity index (χ4v) is 1.63. The van der Waals surface area contributed by atoms with Gasteiger partial charge in [0, 0.05) is 6.42 Å². The number of aromatic nitrogens is 1. The van der Waals surface area contributed by atoms with Gasteiger partial charge in [-0.05, 0) is 17.0 Å². The number of benzene rings is 1. The maximum atomic E-state index is 5.42. The van der Waals surface area contributed by atoms with Crippen LogP contribution in [0.25, 0.3) is 0 Å². The number of hydrogen-bond acceptors (Lipinski definition) is 3. The molecule has 2 N–H and O–H groups in total. The summed E-state index contributed by atoms with van der Waals surface area (Å²) in [4.78, 5) is 3.87. The molecule has 3 heteroatoms. The van der Waals surface area contributed by atoms with Crippen LogP contribution < -0.4 is 5.73 Å². The number of hydrogen-bond donors (Lipinski definition) is 1. The molecule has 0 aliphatic carbocycles. The van der Waals surface area contributed by atoms with Crippen molar-refractivity contribution in [2.45, 2.75) is 26.2 Å². The zero-order valence-corrected chi connectivity index (χ0v) is 9.60. The molecule has 0 unspecified atom stereocenters. The highest BCUT2D eigenvalue weighted by molar-refractivity contribution is 5.27. The summed E-state index contributed by atoms with van der Waals surface area (Å²) in [5.41, 5.74) is 7.98. The van der Waals surface area contributed by atoms with Crippen LogP contribution in [0.15, 0.2) is 34.9 Å². The van der Waals surface area contributed by atoms with E-state index in [4.69, 9.17) is 10.2 Å². The summed E-state index contributed by atoms with van der Waals surface area (Å²) in [5, 5.41) is 0. The van der Waals surface area contributed by atoms with Gasteiger partial charge in [-0.3, -0.25) is 0 Å². The Morgan fingerprint density at radius 2 is 1.94 bits per heavy atom. The monoisotopic (exact) mass is 216 g/mol. The molecule has 0 radical (unpaired) electrons. The second-order valence-electron chi connectivity index (χ2n) is 4.24. The van der Waals surface area contributed by atoms with Crippen LogP contribution in [0.3, 0.4) is 0 Å². The lowest BCUT2D eigenvalue weighted by Gasteiger charge is -2.05. The van der Waals surface area contributed by atoms with E-state index in [-0.39, 0.29) is 6.01 Å². The third-order valence-electron chi connectivity index (χ3n) is 2.60. The van der Waals surface area contributed by atoms with Crippen molar-refractivity contribution in [3.05, 3.63) is 47.3 Å². The number of oxazole rings is 1. The quantitative estimate of drug-likeness (QED) is 0.858. The van der Waals surface area contributed by atoms with E-state index in [1.807, 2.05) is 0 Å². The summed E-state index contributed by atoms with van der Waals surface area (Å²) < 4.78 is 5.23. The summed E-state index contributed by atoms with van der Waals surface area (Å²) >= 11 is 0. The molecule has 0 bridgehead atoms. The molecule has 0 saturated carbocycles. The molecular weight excluding hydrogens is 200 g/mol. The van der Waals surface area contributed by atoms with E-state index in [0.717, 1.165) is 12.2 Å². The predicted molar refractivity (Wildman–Crippen MR) is 64.3 cm³/mol. The average molecular weight is 216 g/mol. The van der Waals surface area contributed by atoms with Crippen molar-refractivity contribution >= 4 is 6.01 Å². The summed E-state index contributed by atoms with van der Waals surface area (Å²) in [5.74, 6) is 1.37. The molecule has 2 aromatic rings. The van der Waals surface area contributed by atoms with E-state index >= 15 is 0 Å². The maximum Gasteiger partial charge on any atom is 0.292 e. The average Bonchev–Trinajstić information content (AvgIpc) is 2.65. The van der Waals surface area contributed by atoms with Crippen LogP contribution in [0.2, 0.25) is 0 Å². The second kappa shape index (κ2) is 4.39. The highest BCUT2D eigenvalue weighted by Gasteiger charge is 2.03. The number of nitrogen functional groups attached to an aromatic ring is 1. The summed E-state index contributed by atoms with van der Waals surface area (Å²) in [7, 11) is 0. The van der Waals surface area contributed by atoms with Crippen LogP contribution in [-0.2, 0) is 6.42 Å². The topological polar surface area (TPSA) is 52.0 Å². The number of rotatable bonds is 3. The van der Waals surface area contributed by atoms with Gasteiger partial charge in [0.1, 0.15) is 5.76 Å². The Kier molecular flexibility index (Phi) is 2.95. The summed E-state index contributed by atoms with van der Waals surface area (Å²) in [6.07, 6.45) is 2.41. The Bertz CT molecular complexity index is 457. The zero-order chi connectivity index (χ0) is 11.5. The SMILES string of the molecule is CC(C)c1ccc(Cc2cnc(N)o2)cc1. The summed E-state index contributed by atoms with van der Waals surface area (Å²) in [6, 6.07) is 8.77. The van der Waals surface area contributed by atoms with Gasteiger partial charge in [-0.1, -0.05) is 38.1 Å². The summed E-state index contributed by atoms with van der Waals surface area (Å²) in [6.45, 7) is 4.37. The molecule has 3 nitrogen and oxygen atoms in total. The van der Waals surface area contributed by atoms with Crippen LogP contribution in [-0.4, -0.2) is 4.98 Å². The van der Waals surface area contributed by atoms with Crippen molar-refractivity contribution in [1.29, 1.82) is 0 Å². The Balaban J connectivity index is 2.11. The van der Waals surface area contributed by atoms with E-state index in [0.29, 0.717) is 5.92 Å². The number of anilines is 1. The minimum Gasteiger partial charge on any atom is -0.429 e. The number of nitrogens with zero attached hydrogens (tertiary/aromatic N) is 1. The first kappa shape index (κ1) is 10.7. The Hall–Kier alpha value is -1.77. The lowest BCUT2D eigenvalue weighted by Crippen LogP contribution is -1.90. The molecule has 0 aliphatic rings. The molecule has 1 aromatic heterocycles. The molecule has 1 aromatic carbocycles. The van der Waals surface area contributed by atoms with Gasteiger partial charge in [0.2, 0.25) is 0 Å². The van der Waals surface area contributed by atoms with Crippen molar-refractivity contribution in [3.8, 4) is 0 Å². The molecule has 1 heterocycles. The van der Waals surface area contributed by atoms with Crippen molar-refractivity contribution in [3.63, 3.8) is 0 Å². The first-order valence-electron chi connectivity index (χ1n) is 5.44. The van der Waals surface area contributed by atoms with E-state index in [1.54, 1.807) is 6.20 Å². The largest absolute Gasteiger partial charge is 0.429 e. The first-order chi connectivity index (χ1) is 7.65. The molecule has 0 aliphatic heterocycles. The third kappa shape index (κ3) is 2.42. The lowest BCUT2D eigenvalue weighted by atomic mass is 10.0. The minimum absolute atomic E-state index is 0.230. The van der Waals surface area contributed by atoms with Crippen molar-refractivity contribution in [2.24, 2.45) is 0 Å². The molecule has 0 saturated heterocycles. The minimum atomic E-state index is 0.230. The molecule has 0 spiro atoms. The molecule has 0 atom stereocenters. The maximum absolute atomic E-state index is 5.42. The lowest BCUT2D eigenvalue weighted by molar-refractivity contribution is 0.534. The first-order valence-corrected chi connectivity index (χ1v) is 5.44. The normalized spacial score (nSPS) is 10.9. The van der Waals surface area contributed by atoms with E-state index in [1.165, 1.54) is 11.1 Å². The molecule has 16 heavy (non-hydrogen) atoms. The van der Waals surface area contributed by atoms with Crippen LogP contribution in [0.5, 0.6) is 0 Å². The Morgan fingerprint density at radius 3 is 2.44 bits per heavy atom.